The molecule has 0 aromatic rings. The van der Waals surface area contributed by atoms with E-state index in [0.29, 0.717) is 13.1 Å². The lowest BCUT2D eigenvalue weighted by molar-refractivity contribution is -0.158. The number of nitrogens with one attached hydrogen (secondary N) is 1. The van der Waals surface area contributed by atoms with E-state index < -0.39 is 17.5 Å². The Balaban J connectivity index is 2.49. The van der Waals surface area contributed by atoms with Gasteiger partial charge in [0.25, 0.3) is 0 Å². The van der Waals surface area contributed by atoms with E-state index in [1.54, 1.807) is 20.8 Å². The smallest absolute Gasteiger partial charge is 0.407 e. The van der Waals surface area contributed by atoms with E-state index >= 15 is 0 Å². The average Bonchev–Trinajstić information content (AvgIpc) is 2.85. The lowest BCUT2D eigenvalue weighted by Crippen LogP contribution is -2.43. The average molecular weight is 300 g/mol. The van der Waals surface area contributed by atoms with Crippen molar-refractivity contribution in [1.29, 1.82) is 0 Å². The molecule has 1 rings (SSSR count). The summed E-state index contributed by atoms with van der Waals surface area (Å²) in [6.07, 6.45) is 0.280. The van der Waals surface area contributed by atoms with E-state index in [4.69, 9.17) is 4.74 Å². The van der Waals surface area contributed by atoms with Crippen molar-refractivity contribution in [2.75, 3.05) is 33.4 Å². The van der Waals surface area contributed by atoms with Crippen molar-refractivity contribution in [1.82, 2.24) is 10.2 Å². The van der Waals surface area contributed by atoms with E-state index in [9.17, 15) is 14.4 Å². The van der Waals surface area contributed by atoms with Gasteiger partial charge in [0, 0.05) is 19.1 Å². The van der Waals surface area contributed by atoms with Crippen LogP contribution in [0.15, 0.2) is 0 Å². The number of hydrogen-bond acceptors (Lipinski definition) is 6. The summed E-state index contributed by atoms with van der Waals surface area (Å²) in [6, 6.07) is -0.0315. The fraction of sp³-hybridized carbons (Fsp3) is 0.786. The SMILES string of the molecule is CCOC(=O)C(C)(C)C(=O)CN1CCC(NC(=O)OC)C1. The molecule has 1 amide bonds. The zero-order valence-electron chi connectivity index (χ0n) is 13.1. The van der Waals surface area contributed by atoms with Gasteiger partial charge in [0.05, 0.1) is 20.3 Å². The molecule has 1 N–H and O–H groups in total. The number of hydrogen-bond donors (Lipinski definition) is 1. The Hall–Kier alpha value is -1.63. The third-order valence-electron chi connectivity index (χ3n) is 3.63. The molecule has 7 heteroatoms. The minimum absolute atomic E-state index is 0.0315. The molecule has 1 saturated heterocycles. The van der Waals surface area contributed by atoms with Crippen molar-refractivity contribution in [2.45, 2.75) is 33.2 Å². The van der Waals surface area contributed by atoms with Gasteiger partial charge in [0.1, 0.15) is 5.41 Å². The number of carbonyl (C=O) groups is 3. The predicted molar refractivity (Wildman–Crippen MR) is 75.8 cm³/mol. The van der Waals surface area contributed by atoms with Crippen molar-refractivity contribution in [3.05, 3.63) is 0 Å². The third kappa shape index (κ3) is 4.70. The summed E-state index contributed by atoms with van der Waals surface area (Å²) in [5.41, 5.74) is -1.15. The Morgan fingerprint density at radius 1 is 1.33 bits per heavy atom. The van der Waals surface area contributed by atoms with Gasteiger partial charge in [-0.2, -0.15) is 0 Å². The number of alkyl carbamates (subject to hydrolysis) is 1. The van der Waals surface area contributed by atoms with Crippen LogP contribution in [0.1, 0.15) is 27.2 Å². The van der Waals surface area contributed by atoms with Gasteiger partial charge in [-0.25, -0.2) is 4.79 Å². The van der Waals surface area contributed by atoms with E-state index in [-0.39, 0.29) is 25.0 Å². The van der Waals surface area contributed by atoms with Gasteiger partial charge in [-0.05, 0) is 27.2 Å². The molecule has 1 aliphatic rings. The molecule has 0 radical (unpaired) electrons. The molecule has 0 spiro atoms. The van der Waals surface area contributed by atoms with Gasteiger partial charge in [-0.3, -0.25) is 14.5 Å². The molecule has 1 fully saturated rings. The summed E-state index contributed by atoms with van der Waals surface area (Å²) in [5.74, 6) is -0.682. The molecule has 0 saturated carbocycles. The second-order valence-electron chi connectivity index (χ2n) is 5.63. The second-order valence-corrected chi connectivity index (χ2v) is 5.63. The summed E-state index contributed by atoms with van der Waals surface area (Å²) in [4.78, 5) is 37.1. The van der Waals surface area contributed by atoms with Crippen LogP contribution in [0.4, 0.5) is 4.79 Å². The monoisotopic (exact) mass is 300 g/mol. The highest BCUT2D eigenvalue weighted by atomic mass is 16.5. The molecule has 1 unspecified atom stereocenters. The van der Waals surface area contributed by atoms with E-state index in [0.717, 1.165) is 6.42 Å². The highest BCUT2D eigenvalue weighted by Gasteiger charge is 2.38. The van der Waals surface area contributed by atoms with Gasteiger partial charge in [0.2, 0.25) is 0 Å². The quantitative estimate of drug-likeness (QED) is 0.570. The van der Waals surface area contributed by atoms with Crippen LogP contribution in [0.3, 0.4) is 0 Å². The summed E-state index contributed by atoms with van der Waals surface area (Å²) in [5, 5.41) is 2.71. The number of carbonyl (C=O) groups excluding carboxylic acids is 3. The minimum atomic E-state index is -1.15. The molecule has 21 heavy (non-hydrogen) atoms. The van der Waals surface area contributed by atoms with Gasteiger partial charge in [0.15, 0.2) is 5.78 Å². The fourth-order valence-corrected chi connectivity index (χ4v) is 2.15. The first-order valence-electron chi connectivity index (χ1n) is 7.08. The number of ether oxygens (including phenoxy) is 2. The Labute approximate surface area is 124 Å². The number of ketones is 1. The standard InChI is InChI=1S/C14H24N2O5/c1-5-21-12(18)14(2,3)11(17)9-16-7-6-10(8-16)15-13(19)20-4/h10H,5-9H2,1-4H3,(H,15,19). The molecular formula is C14H24N2O5. The van der Waals surface area contributed by atoms with Crippen molar-refractivity contribution in [2.24, 2.45) is 5.41 Å². The van der Waals surface area contributed by atoms with Gasteiger partial charge in [-0.15, -0.1) is 0 Å². The maximum Gasteiger partial charge on any atom is 0.407 e. The first-order valence-corrected chi connectivity index (χ1v) is 7.08. The molecule has 7 nitrogen and oxygen atoms in total. The lowest BCUT2D eigenvalue weighted by atomic mass is 9.88. The number of likely N-dealkylation sites (tertiary alicyclic amines) is 1. The Morgan fingerprint density at radius 2 is 2.00 bits per heavy atom. The highest BCUT2D eigenvalue weighted by molar-refractivity contribution is 6.03. The maximum absolute atomic E-state index is 12.3. The number of methoxy groups -OCH3 is 1. The van der Waals surface area contributed by atoms with Crippen LogP contribution in [0, 0.1) is 5.41 Å². The predicted octanol–water partition coefficient (Wildman–Crippen LogP) is 0.575. The van der Waals surface area contributed by atoms with Gasteiger partial charge in [-0.1, -0.05) is 0 Å². The van der Waals surface area contributed by atoms with Crippen LogP contribution in [-0.4, -0.2) is 62.1 Å². The number of esters is 1. The Morgan fingerprint density at radius 3 is 2.57 bits per heavy atom. The number of nitrogens with zero attached hydrogens (tertiary/aromatic N) is 1. The van der Waals surface area contributed by atoms with Crippen molar-refractivity contribution in [3.63, 3.8) is 0 Å². The first kappa shape index (κ1) is 17.4. The summed E-state index contributed by atoms with van der Waals surface area (Å²) >= 11 is 0. The normalized spacial score (nSPS) is 19.1. The summed E-state index contributed by atoms with van der Waals surface area (Å²) in [7, 11) is 1.31. The minimum Gasteiger partial charge on any atom is -0.465 e. The molecule has 0 bridgehead atoms. The van der Waals surface area contributed by atoms with Crippen molar-refractivity contribution in [3.8, 4) is 0 Å². The summed E-state index contributed by atoms with van der Waals surface area (Å²) in [6.45, 7) is 6.55. The molecule has 0 aromatic carbocycles. The van der Waals surface area contributed by atoms with E-state index in [1.807, 2.05) is 4.90 Å². The number of rotatable bonds is 6. The third-order valence-corrected chi connectivity index (χ3v) is 3.63. The topological polar surface area (TPSA) is 84.9 Å². The molecule has 1 aliphatic heterocycles. The molecule has 1 heterocycles. The van der Waals surface area contributed by atoms with Crippen LogP contribution in [0.5, 0.6) is 0 Å². The zero-order chi connectivity index (χ0) is 16.0. The number of amides is 1. The lowest BCUT2D eigenvalue weighted by Gasteiger charge is -2.24. The molecule has 1 atom stereocenters. The molecular weight excluding hydrogens is 276 g/mol. The maximum atomic E-state index is 12.3. The zero-order valence-corrected chi connectivity index (χ0v) is 13.1. The Bertz CT molecular complexity index is 408. The van der Waals surface area contributed by atoms with Crippen LogP contribution >= 0.6 is 0 Å². The second kappa shape index (κ2) is 7.40. The van der Waals surface area contributed by atoms with Gasteiger partial charge >= 0.3 is 12.1 Å². The van der Waals surface area contributed by atoms with Crippen LogP contribution in [0.25, 0.3) is 0 Å². The van der Waals surface area contributed by atoms with Crippen LogP contribution < -0.4 is 5.32 Å². The fourth-order valence-electron chi connectivity index (χ4n) is 2.15. The largest absolute Gasteiger partial charge is 0.465 e. The Kier molecular flexibility index (Phi) is 6.14. The van der Waals surface area contributed by atoms with Crippen molar-refractivity contribution >= 4 is 17.8 Å². The number of Topliss-reactive ketones (excluding diaryl/α,β-unsaturated/α-hetero) is 1. The van der Waals surface area contributed by atoms with Gasteiger partial charge < -0.3 is 14.8 Å². The first-order chi connectivity index (χ1) is 9.81. The van der Waals surface area contributed by atoms with E-state index in [2.05, 4.69) is 10.1 Å². The van der Waals surface area contributed by atoms with Crippen LogP contribution in [0.2, 0.25) is 0 Å². The molecule has 0 aliphatic carbocycles. The van der Waals surface area contributed by atoms with Crippen molar-refractivity contribution < 1.29 is 23.9 Å². The molecule has 0 aromatic heterocycles. The molecule has 120 valence electrons. The van der Waals surface area contributed by atoms with E-state index in [1.165, 1.54) is 7.11 Å². The highest BCUT2D eigenvalue weighted by Crippen LogP contribution is 2.21. The summed E-state index contributed by atoms with van der Waals surface area (Å²) < 4.78 is 9.47. The van der Waals surface area contributed by atoms with Crippen LogP contribution in [-0.2, 0) is 19.1 Å².